The lowest BCUT2D eigenvalue weighted by Gasteiger charge is -2.23. The number of aliphatic hydroxyl groups excluding tert-OH is 1. The maximum Gasteiger partial charge on any atom is 0.126 e. The molecular formula is C17H25ClFNO. The Balaban J connectivity index is 0.000000497. The van der Waals surface area contributed by atoms with Crippen LogP contribution in [0.25, 0.3) is 0 Å². The van der Waals surface area contributed by atoms with Crippen LogP contribution in [0.15, 0.2) is 12.1 Å². The minimum absolute atomic E-state index is 0.329. The number of anilines is 1. The average Bonchev–Trinajstić information content (AvgIpc) is 3.00. The number of rotatable bonds is 2. The topological polar surface area (TPSA) is 23.5 Å². The highest BCUT2D eigenvalue weighted by Crippen LogP contribution is 2.41. The molecule has 2 nitrogen and oxygen atoms in total. The van der Waals surface area contributed by atoms with Gasteiger partial charge in [0.05, 0.1) is 11.1 Å². The van der Waals surface area contributed by atoms with Crippen LogP contribution in [0.4, 0.5) is 10.1 Å². The van der Waals surface area contributed by atoms with E-state index in [4.69, 9.17) is 11.6 Å². The van der Waals surface area contributed by atoms with Crippen molar-refractivity contribution < 1.29 is 9.50 Å². The molecular weight excluding hydrogens is 289 g/mol. The molecule has 0 bridgehead atoms. The Morgan fingerprint density at radius 3 is 2.52 bits per heavy atom. The lowest BCUT2D eigenvalue weighted by Crippen LogP contribution is -2.27. The highest BCUT2D eigenvalue weighted by molar-refractivity contribution is 6.32. The Kier molecular flexibility index (Phi) is 5.88. The molecule has 0 spiro atoms. The van der Waals surface area contributed by atoms with E-state index in [0.29, 0.717) is 23.0 Å². The number of halogens is 2. The van der Waals surface area contributed by atoms with Gasteiger partial charge in [0.2, 0.25) is 0 Å². The highest BCUT2D eigenvalue weighted by Gasteiger charge is 2.31. The summed E-state index contributed by atoms with van der Waals surface area (Å²) in [6.45, 7) is 5.69. The second-order valence-electron chi connectivity index (χ2n) is 6.10. The SMILES string of the molecule is CCC.OC1CN(CC2CCCC2)c2cc(F)cc(Cl)c21. The molecule has 0 aromatic heterocycles. The van der Waals surface area contributed by atoms with E-state index in [-0.39, 0.29) is 5.82 Å². The molecule has 1 aliphatic carbocycles. The molecule has 4 heteroatoms. The molecule has 0 radical (unpaired) electrons. The summed E-state index contributed by atoms with van der Waals surface area (Å²) in [7, 11) is 0. The van der Waals surface area contributed by atoms with E-state index in [1.54, 1.807) is 0 Å². The molecule has 3 rings (SSSR count). The molecule has 118 valence electrons. The summed E-state index contributed by atoms with van der Waals surface area (Å²) in [6, 6.07) is 2.77. The molecule has 1 aliphatic heterocycles. The van der Waals surface area contributed by atoms with Crippen LogP contribution in [0.5, 0.6) is 0 Å². The van der Waals surface area contributed by atoms with Crippen LogP contribution in [0, 0.1) is 11.7 Å². The van der Waals surface area contributed by atoms with Crippen molar-refractivity contribution in [1.29, 1.82) is 0 Å². The van der Waals surface area contributed by atoms with E-state index in [1.165, 1.54) is 44.2 Å². The normalized spacial score (nSPS) is 21.2. The van der Waals surface area contributed by atoms with Crippen molar-refractivity contribution in [2.75, 3.05) is 18.0 Å². The van der Waals surface area contributed by atoms with Crippen molar-refractivity contribution in [2.24, 2.45) is 5.92 Å². The summed E-state index contributed by atoms with van der Waals surface area (Å²) in [5, 5.41) is 10.4. The van der Waals surface area contributed by atoms with Gasteiger partial charge in [-0.05, 0) is 30.9 Å². The van der Waals surface area contributed by atoms with E-state index < -0.39 is 6.10 Å². The number of fused-ring (bicyclic) bond motifs is 1. The minimum Gasteiger partial charge on any atom is -0.386 e. The van der Waals surface area contributed by atoms with Crippen molar-refractivity contribution >= 4 is 17.3 Å². The molecule has 1 unspecified atom stereocenters. The van der Waals surface area contributed by atoms with Crippen molar-refractivity contribution in [1.82, 2.24) is 0 Å². The van der Waals surface area contributed by atoms with Gasteiger partial charge < -0.3 is 10.0 Å². The average molecular weight is 314 g/mol. The molecule has 0 saturated heterocycles. The number of nitrogens with zero attached hydrogens (tertiary/aromatic N) is 1. The Labute approximate surface area is 131 Å². The Morgan fingerprint density at radius 1 is 1.29 bits per heavy atom. The van der Waals surface area contributed by atoms with Gasteiger partial charge in [0, 0.05) is 24.3 Å². The van der Waals surface area contributed by atoms with Gasteiger partial charge in [-0.15, -0.1) is 0 Å². The third-order valence-corrected chi connectivity index (χ3v) is 4.41. The summed E-state index contributed by atoms with van der Waals surface area (Å²) >= 11 is 6.03. The molecule has 2 aliphatic rings. The minimum atomic E-state index is -0.588. The van der Waals surface area contributed by atoms with Gasteiger partial charge in [-0.2, -0.15) is 0 Å². The van der Waals surface area contributed by atoms with Gasteiger partial charge >= 0.3 is 0 Å². The standard InChI is InChI=1S/C14H17ClFNO.C3H8/c15-11-5-10(16)6-12-14(11)13(18)8-17(12)7-9-3-1-2-4-9;1-3-2/h5-6,9,13,18H,1-4,7-8H2;3H2,1-2H3. The molecule has 1 fully saturated rings. The highest BCUT2D eigenvalue weighted by atomic mass is 35.5. The largest absolute Gasteiger partial charge is 0.386 e. The van der Waals surface area contributed by atoms with Crippen LogP contribution in [-0.4, -0.2) is 18.2 Å². The number of β-amino-alcohol motifs (C(OH)–C–C–N with tert-alkyl or cyclic N) is 1. The maximum absolute atomic E-state index is 13.4. The van der Waals surface area contributed by atoms with Crippen molar-refractivity contribution in [3.05, 3.63) is 28.5 Å². The van der Waals surface area contributed by atoms with Gasteiger partial charge in [0.1, 0.15) is 5.82 Å². The quantitative estimate of drug-likeness (QED) is 0.836. The predicted molar refractivity (Wildman–Crippen MR) is 86.5 cm³/mol. The predicted octanol–water partition coefficient (Wildman–Crippen LogP) is 4.94. The second-order valence-corrected chi connectivity index (χ2v) is 6.51. The molecule has 1 saturated carbocycles. The first-order valence-corrected chi connectivity index (χ1v) is 8.36. The maximum atomic E-state index is 13.4. The Hall–Kier alpha value is -0.800. The van der Waals surface area contributed by atoms with Crippen LogP contribution in [0.3, 0.4) is 0 Å². The fourth-order valence-electron chi connectivity index (χ4n) is 3.24. The van der Waals surface area contributed by atoms with Crippen LogP contribution < -0.4 is 4.90 Å². The monoisotopic (exact) mass is 313 g/mol. The number of aliphatic hydroxyl groups is 1. The molecule has 0 amide bonds. The van der Waals surface area contributed by atoms with Gasteiger partial charge in [-0.1, -0.05) is 44.7 Å². The summed E-state index contributed by atoms with van der Waals surface area (Å²) in [6.07, 6.45) is 5.72. The zero-order valence-electron chi connectivity index (χ0n) is 12.9. The summed E-state index contributed by atoms with van der Waals surface area (Å²) in [5.41, 5.74) is 1.47. The number of benzene rings is 1. The zero-order chi connectivity index (χ0) is 15.4. The smallest absolute Gasteiger partial charge is 0.126 e. The summed E-state index contributed by atoms with van der Waals surface area (Å²) in [4.78, 5) is 2.09. The first-order valence-electron chi connectivity index (χ1n) is 7.98. The van der Waals surface area contributed by atoms with Gasteiger partial charge in [0.15, 0.2) is 0 Å². The fourth-order valence-corrected chi connectivity index (χ4v) is 3.57. The van der Waals surface area contributed by atoms with E-state index in [2.05, 4.69) is 18.7 Å². The number of hydrogen-bond donors (Lipinski definition) is 1. The van der Waals surface area contributed by atoms with Crippen molar-refractivity contribution in [3.63, 3.8) is 0 Å². The van der Waals surface area contributed by atoms with Crippen LogP contribution >= 0.6 is 11.6 Å². The van der Waals surface area contributed by atoms with E-state index in [0.717, 1.165) is 12.2 Å². The van der Waals surface area contributed by atoms with Gasteiger partial charge in [0.25, 0.3) is 0 Å². The molecule has 1 aromatic carbocycles. The van der Waals surface area contributed by atoms with Crippen LogP contribution in [0.1, 0.15) is 57.6 Å². The molecule has 1 N–H and O–H groups in total. The van der Waals surface area contributed by atoms with Gasteiger partial charge in [-0.25, -0.2) is 4.39 Å². The van der Waals surface area contributed by atoms with Crippen molar-refractivity contribution in [3.8, 4) is 0 Å². The summed E-state index contributed by atoms with van der Waals surface area (Å²) < 4.78 is 13.4. The third kappa shape index (κ3) is 3.89. The lowest BCUT2D eigenvalue weighted by molar-refractivity contribution is 0.193. The first-order chi connectivity index (χ1) is 10.1. The van der Waals surface area contributed by atoms with Gasteiger partial charge in [-0.3, -0.25) is 0 Å². The fraction of sp³-hybridized carbons (Fsp3) is 0.647. The van der Waals surface area contributed by atoms with Crippen LogP contribution in [-0.2, 0) is 0 Å². The van der Waals surface area contributed by atoms with E-state index >= 15 is 0 Å². The zero-order valence-corrected chi connectivity index (χ0v) is 13.7. The molecule has 1 heterocycles. The van der Waals surface area contributed by atoms with E-state index in [1.807, 2.05) is 0 Å². The molecule has 1 atom stereocenters. The summed E-state index contributed by atoms with van der Waals surface area (Å²) in [5.74, 6) is 0.342. The second kappa shape index (κ2) is 7.46. The van der Waals surface area contributed by atoms with Crippen LogP contribution in [0.2, 0.25) is 5.02 Å². The first kappa shape index (κ1) is 16.6. The Morgan fingerprint density at radius 2 is 1.90 bits per heavy atom. The number of hydrogen-bond acceptors (Lipinski definition) is 2. The third-order valence-electron chi connectivity index (χ3n) is 4.09. The molecule has 21 heavy (non-hydrogen) atoms. The van der Waals surface area contributed by atoms with Crippen molar-refractivity contribution in [2.45, 2.75) is 52.1 Å². The lowest BCUT2D eigenvalue weighted by atomic mass is 10.1. The Bertz CT molecular complexity index is 474. The molecule has 1 aromatic rings. The van der Waals surface area contributed by atoms with E-state index in [9.17, 15) is 9.50 Å².